The number of hydrogen-bond acceptors (Lipinski definition) is 5. The fraction of sp³-hybridized carbons (Fsp3) is 0.621. The number of unbranched alkanes of at least 4 members (excludes halogenated alkanes) is 1. The van der Waals surface area contributed by atoms with Gasteiger partial charge in [-0.05, 0) is 49.1 Å². The van der Waals surface area contributed by atoms with Crippen LogP contribution in [0, 0.1) is 23.7 Å². The minimum atomic E-state index is -1.10. The molecule has 200 valence electrons. The van der Waals surface area contributed by atoms with E-state index in [1.807, 2.05) is 42.7 Å². The number of ether oxygens (including phenoxy) is 1. The molecule has 8 heteroatoms. The van der Waals surface area contributed by atoms with E-state index in [9.17, 15) is 14.4 Å². The first-order valence-electron chi connectivity index (χ1n) is 13.7. The second-order valence-corrected chi connectivity index (χ2v) is 12.1. The highest BCUT2D eigenvalue weighted by Crippen LogP contribution is 2.55. The fourth-order valence-electron chi connectivity index (χ4n) is 6.81. The van der Waals surface area contributed by atoms with Gasteiger partial charge in [-0.15, -0.1) is 11.8 Å². The molecule has 3 heterocycles. The van der Waals surface area contributed by atoms with Gasteiger partial charge >= 0.3 is 0 Å². The summed E-state index contributed by atoms with van der Waals surface area (Å²) in [5.74, 6) is -1.01. The number of fused-ring (bicyclic) bond motifs is 1. The third kappa shape index (κ3) is 4.50. The molecule has 0 radical (unpaired) electrons. The minimum absolute atomic E-state index is 0.0835. The molecule has 1 aliphatic carbocycles. The number of anilines is 1. The van der Waals surface area contributed by atoms with E-state index < -0.39 is 29.6 Å². The lowest BCUT2D eigenvalue weighted by molar-refractivity contribution is -0.141. The number of rotatable bonds is 8. The molecule has 3 aliphatic heterocycles. The van der Waals surface area contributed by atoms with Crippen LogP contribution in [0.15, 0.2) is 41.3 Å². The number of nitrogens with one attached hydrogen (secondary N) is 2. The zero-order valence-corrected chi connectivity index (χ0v) is 23.1. The Hall–Kier alpha value is -2.32. The number of carbonyl (C=O) groups is 3. The van der Waals surface area contributed by atoms with Crippen molar-refractivity contribution in [2.75, 3.05) is 18.1 Å². The molecule has 3 amide bonds. The highest BCUT2D eigenvalue weighted by Gasteiger charge is 2.72. The molecule has 1 spiro atoms. The molecule has 2 bridgehead atoms. The third-order valence-corrected chi connectivity index (χ3v) is 9.77. The standard InChI is InChI=1S/C29H39N3O4S/c1-5-6-15-32-25(27(34)31-21-12-7-9-17(2)18(21)3)29-14-13-22(36-29)23(24(29)28(32)35)26(33)30-19-10-8-11-20(16-19)37-4/h8,10-11,13-14,16-18,21-25H,5-7,9,12,15H2,1-4H3,(H,30,33)(H,31,34)/t17-,18+,21-,22+,23-,24+,25+,29+/m1/s1. The minimum Gasteiger partial charge on any atom is -0.359 e. The van der Waals surface area contributed by atoms with Crippen molar-refractivity contribution in [2.45, 2.75) is 81.6 Å². The summed E-state index contributed by atoms with van der Waals surface area (Å²) in [5, 5.41) is 6.32. The normalized spacial score (nSPS) is 36.1. The van der Waals surface area contributed by atoms with Crippen molar-refractivity contribution in [1.29, 1.82) is 0 Å². The number of hydrogen-bond donors (Lipinski definition) is 2. The van der Waals surface area contributed by atoms with Gasteiger partial charge < -0.3 is 20.3 Å². The van der Waals surface area contributed by atoms with Crippen molar-refractivity contribution >= 4 is 35.2 Å². The Bertz CT molecular complexity index is 1090. The summed E-state index contributed by atoms with van der Waals surface area (Å²) in [7, 11) is 0. The highest BCUT2D eigenvalue weighted by atomic mass is 32.2. The van der Waals surface area contributed by atoms with Crippen LogP contribution in [0.3, 0.4) is 0 Å². The van der Waals surface area contributed by atoms with Gasteiger partial charge in [-0.25, -0.2) is 0 Å². The van der Waals surface area contributed by atoms with Gasteiger partial charge in [0, 0.05) is 23.2 Å². The van der Waals surface area contributed by atoms with Gasteiger partial charge in [0.2, 0.25) is 17.7 Å². The first-order valence-corrected chi connectivity index (χ1v) is 15.0. The Labute approximate surface area is 224 Å². The van der Waals surface area contributed by atoms with E-state index in [1.165, 1.54) is 6.42 Å². The van der Waals surface area contributed by atoms with Gasteiger partial charge in [0.1, 0.15) is 11.6 Å². The average Bonchev–Trinajstić information content (AvgIpc) is 3.53. The van der Waals surface area contributed by atoms with Crippen LogP contribution >= 0.6 is 11.8 Å². The van der Waals surface area contributed by atoms with E-state index in [1.54, 1.807) is 16.7 Å². The van der Waals surface area contributed by atoms with Gasteiger partial charge in [-0.2, -0.15) is 0 Å². The Morgan fingerprint density at radius 2 is 2.03 bits per heavy atom. The first kappa shape index (κ1) is 26.3. The van der Waals surface area contributed by atoms with E-state index >= 15 is 0 Å². The molecule has 2 saturated heterocycles. The molecule has 5 rings (SSSR count). The van der Waals surface area contributed by atoms with E-state index in [2.05, 4.69) is 31.4 Å². The number of amides is 3. The van der Waals surface area contributed by atoms with Crippen molar-refractivity contribution in [3.05, 3.63) is 36.4 Å². The second kappa shape index (κ2) is 10.4. The maximum Gasteiger partial charge on any atom is 0.246 e. The lowest BCUT2D eigenvalue weighted by Crippen LogP contribution is -2.58. The lowest BCUT2D eigenvalue weighted by atomic mass is 9.73. The number of likely N-dealkylation sites (tertiary alicyclic amines) is 1. The van der Waals surface area contributed by atoms with Crippen LogP contribution in [-0.2, 0) is 19.1 Å². The predicted octanol–water partition coefficient (Wildman–Crippen LogP) is 4.24. The Balaban J connectivity index is 1.42. The molecule has 7 nitrogen and oxygen atoms in total. The number of nitrogens with zero attached hydrogens (tertiary/aromatic N) is 1. The van der Waals surface area contributed by atoms with Crippen LogP contribution < -0.4 is 10.6 Å². The van der Waals surface area contributed by atoms with Crippen LogP contribution in [0.1, 0.15) is 52.9 Å². The van der Waals surface area contributed by atoms with E-state index in [0.29, 0.717) is 24.1 Å². The van der Waals surface area contributed by atoms with Gasteiger partial charge in [-0.1, -0.05) is 58.3 Å². The molecule has 8 atom stereocenters. The van der Waals surface area contributed by atoms with Crippen molar-refractivity contribution < 1.29 is 19.1 Å². The molecule has 1 aromatic carbocycles. The van der Waals surface area contributed by atoms with E-state index in [4.69, 9.17) is 4.74 Å². The van der Waals surface area contributed by atoms with Crippen molar-refractivity contribution in [3.8, 4) is 0 Å². The number of carbonyl (C=O) groups excluding carboxylic acids is 3. The van der Waals surface area contributed by atoms with E-state index in [0.717, 1.165) is 30.6 Å². The Kier molecular flexibility index (Phi) is 7.42. The van der Waals surface area contributed by atoms with Crippen molar-refractivity contribution in [2.24, 2.45) is 23.7 Å². The van der Waals surface area contributed by atoms with Gasteiger partial charge in [0.15, 0.2) is 0 Å². The monoisotopic (exact) mass is 525 g/mol. The summed E-state index contributed by atoms with van der Waals surface area (Å²) in [5.41, 5.74) is -0.410. The third-order valence-electron chi connectivity index (χ3n) is 9.05. The number of thioether (sulfide) groups is 1. The predicted molar refractivity (Wildman–Crippen MR) is 145 cm³/mol. The van der Waals surface area contributed by atoms with E-state index in [-0.39, 0.29) is 23.8 Å². The SMILES string of the molecule is CCCCN1C(=O)[C@@H]2[C@H](C(=O)Nc3cccc(SC)c3)[C@@H]3C=C[C@@]2(O3)[C@@H]1C(=O)N[C@@H]1CCC[C@@H](C)[C@@H]1C. The Morgan fingerprint density at radius 3 is 2.78 bits per heavy atom. The van der Waals surface area contributed by atoms with Crippen LogP contribution in [0.2, 0.25) is 0 Å². The topological polar surface area (TPSA) is 87.7 Å². The highest BCUT2D eigenvalue weighted by molar-refractivity contribution is 7.98. The molecule has 0 unspecified atom stereocenters. The molecule has 1 aromatic rings. The summed E-state index contributed by atoms with van der Waals surface area (Å²) >= 11 is 1.60. The largest absolute Gasteiger partial charge is 0.359 e. The number of benzene rings is 1. The van der Waals surface area contributed by atoms with Crippen LogP contribution in [0.4, 0.5) is 5.69 Å². The zero-order chi connectivity index (χ0) is 26.3. The average molecular weight is 526 g/mol. The van der Waals surface area contributed by atoms with Crippen molar-refractivity contribution in [3.63, 3.8) is 0 Å². The maximum absolute atomic E-state index is 13.9. The zero-order valence-electron chi connectivity index (χ0n) is 22.2. The summed E-state index contributed by atoms with van der Waals surface area (Å²) in [6.07, 6.45) is 10.1. The summed E-state index contributed by atoms with van der Waals surface area (Å²) < 4.78 is 6.45. The van der Waals surface area contributed by atoms with Gasteiger partial charge in [0.05, 0.1) is 17.9 Å². The summed E-state index contributed by atoms with van der Waals surface area (Å²) in [4.78, 5) is 44.2. The summed E-state index contributed by atoms with van der Waals surface area (Å²) in [6.45, 7) is 7.00. The molecule has 2 N–H and O–H groups in total. The quantitative estimate of drug-likeness (QED) is 0.392. The van der Waals surface area contributed by atoms with Crippen LogP contribution in [0.5, 0.6) is 0 Å². The summed E-state index contributed by atoms with van der Waals surface area (Å²) in [6, 6.07) is 6.99. The molecule has 0 aromatic heterocycles. The lowest BCUT2D eigenvalue weighted by Gasteiger charge is -2.38. The molecular weight excluding hydrogens is 486 g/mol. The molecule has 37 heavy (non-hydrogen) atoms. The molecule has 3 fully saturated rings. The van der Waals surface area contributed by atoms with Gasteiger partial charge in [-0.3, -0.25) is 14.4 Å². The van der Waals surface area contributed by atoms with Gasteiger partial charge in [0.25, 0.3) is 0 Å². The fourth-order valence-corrected chi connectivity index (χ4v) is 7.27. The second-order valence-electron chi connectivity index (χ2n) is 11.2. The maximum atomic E-state index is 13.9. The first-order chi connectivity index (χ1) is 17.8. The van der Waals surface area contributed by atoms with Crippen molar-refractivity contribution in [1.82, 2.24) is 10.2 Å². The van der Waals surface area contributed by atoms with Crippen LogP contribution in [0.25, 0.3) is 0 Å². The molecular formula is C29H39N3O4S. The molecule has 1 saturated carbocycles. The smallest absolute Gasteiger partial charge is 0.246 e. The Morgan fingerprint density at radius 1 is 1.22 bits per heavy atom. The van der Waals surface area contributed by atoms with Crippen LogP contribution in [-0.4, -0.2) is 59.2 Å². The molecule has 4 aliphatic rings.